The van der Waals surface area contributed by atoms with Crippen LogP contribution in [0.1, 0.15) is 19.5 Å². The Labute approximate surface area is 181 Å². The summed E-state index contributed by atoms with van der Waals surface area (Å²) >= 11 is 2.88. The zero-order chi connectivity index (χ0) is 21.1. The highest BCUT2D eigenvalue weighted by Crippen LogP contribution is 2.37. The molecule has 10 heteroatoms. The lowest BCUT2D eigenvalue weighted by atomic mass is 10.2. The van der Waals surface area contributed by atoms with E-state index in [0.29, 0.717) is 28.5 Å². The Balaban J connectivity index is 1.61. The molecule has 3 heterocycles. The Morgan fingerprint density at radius 1 is 1.27 bits per heavy atom. The van der Waals surface area contributed by atoms with E-state index < -0.39 is 0 Å². The van der Waals surface area contributed by atoms with Gasteiger partial charge in [-0.15, -0.1) is 11.3 Å². The predicted molar refractivity (Wildman–Crippen MR) is 119 cm³/mol. The number of aryl methyl sites for hydroxylation is 1. The third kappa shape index (κ3) is 4.34. The highest BCUT2D eigenvalue weighted by atomic mass is 32.1. The molecule has 1 aromatic carbocycles. The minimum Gasteiger partial charge on any atom is -0.492 e. The summed E-state index contributed by atoms with van der Waals surface area (Å²) in [6.45, 7) is 5.84. The highest BCUT2D eigenvalue weighted by molar-refractivity contribution is 7.20. The van der Waals surface area contributed by atoms with Crippen molar-refractivity contribution >= 4 is 44.5 Å². The number of amides is 1. The molecule has 0 atom stereocenters. The summed E-state index contributed by atoms with van der Waals surface area (Å²) in [7, 11) is 0. The van der Waals surface area contributed by atoms with Crippen molar-refractivity contribution in [2.45, 2.75) is 20.8 Å². The molecule has 4 aromatic rings. The average Bonchev–Trinajstić information content (AvgIpc) is 3.44. The molecule has 0 spiro atoms. The normalized spacial score (nSPS) is 10.8. The van der Waals surface area contributed by atoms with Gasteiger partial charge in [-0.05, 0) is 32.0 Å². The van der Waals surface area contributed by atoms with Crippen molar-refractivity contribution in [2.75, 3.05) is 17.2 Å². The maximum Gasteiger partial charge on any atom is 0.225 e. The van der Waals surface area contributed by atoms with E-state index >= 15 is 0 Å². The van der Waals surface area contributed by atoms with Crippen molar-refractivity contribution in [1.29, 1.82) is 0 Å². The highest BCUT2D eigenvalue weighted by Gasteiger charge is 2.15. The number of anilines is 3. The van der Waals surface area contributed by atoms with Gasteiger partial charge in [0, 0.05) is 17.9 Å². The SMILES string of the molecule is CCOc1ccc(-c2ncco2)cc1Nc1nc(-c2sc(NC(C)=O)nc2C)cs1. The summed E-state index contributed by atoms with van der Waals surface area (Å²) in [4.78, 5) is 25.5. The van der Waals surface area contributed by atoms with Gasteiger partial charge in [0.05, 0.1) is 34.8 Å². The third-order valence-electron chi connectivity index (χ3n) is 4.02. The second kappa shape index (κ2) is 8.64. The van der Waals surface area contributed by atoms with Gasteiger partial charge in [-0.3, -0.25) is 4.79 Å². The molecular formula is C20H19N5O3S2. The first-order valence-corrected chi connectivity index (χ1v) is 10.9. The molecule has 8 nitrogen and oxygen atoms in total. The van der Waals surface area contributed by atoms with Crippen molar-refractivity contribution < 1.29 is 13.9 Å². The first-order valence-electron chi connectivity index (χ1n) is 9.18. The summed E-state index contributed by atoms with van der Waals surface area (Å²) in [5.41, 5.74) is 3.23. The molecule has 0 bridgehead atoms. The van der Waals surface area contributed by atoms with Crippen molar-refractivity contribution in [3.05, 3.63) is 41.7 Å². The van der Waals surface area contributed by atoms with Crippen LogP contribution in [0.15, 0.2) is 40.5 Å². The maximum absolute atomic E-state index is 11.3. The molecule has 0 saturated heterocycles. The van der Waals surface area contributed by atoms with E-state index in [4.69, 9.17) is 14.1 Å². The average molecular weight is 442 g/mol. The van der Waals surface area contributed by atoms with E-state index in [-0.39, 0.29) is 5.91 Å². The van der Waals surface area contributed by atoms with Crippen LogP contribution >= 0.6 is 22.7 Å². The topological polar surface area (TPSA) is 102 Å². The van der Waals surface area contributed by atoms with Gasteiger partial charge >= 0.3 is 0 Å². The number of oxazole rings is 1. The summed E-state index contributed by atoms with van der Waals surface area (Å²) < 4.78 is 11.1. The molecule has 2 N–H and O–H groups in total. The number of thiazole rings is 2. The molecule has 0 aliphatic carbocycles. The Hall–Kier alpha value is -3.24. The number of ether oxygens (including phenoxy) is 1. The number of hydrogen-bond acceptors (Lipinski definition) is 9. The zero-order valence-corrected chi connectivity index (χ0v) is 18.2. The smallest absolute Gasteiger partial charge is 0.225 e. The first kappa shape index (κ1) is 20.0. The monoisotopic (exact) mass is 441 g/mol. The molecule has 4 rings (SSSR count). The largest absolute Gasteiger partial charge is 0.492 e. The van der Waals surface area contributed by atoms with Gasteiger partial charge in [0.25, 0.3) is 0 Å². The van der Waals surface area contributed by atoms with E-state index in [0.717, 1.165) is 27.5 Å². The summed E-state index contributed by atoms with van der Waals surface area (Å²) in [5, 5.41) is 9.29. The molecule has 30 heavy (non-hydrogen) atoms. The van der Waals surface area contributed by atoms with Crippen LogP contribution in [0.25, 0.3) is 22.0 Å². The van der Waals surface area contributed by atoms with Crippen LogP contribution in [-0.4, -0.2) is 27.5 Å². The molecule has 0 radical (unpaired) electrons. The molecule has 3 aromatic heterocycles. The van der Waals surface area contributed by atoms with Crippen LogP contribution in [0.5, 0.6) is 5.75 Å². The van der Waals surface area contributed by atoms with Gasteiger partial charge in [0.2, 0.25) is 11.8 Å². The zero-order valence-electron chi connectivity index (χ0n) is 16.6. The van der Waals surface area contributed by atoms with E-state index in [1.54, 1.807) is 12.5 Å². The fourth-order valence-corrected chi connectivity index (χ4v) is 4.56. The third-order valence-corrected chi connectivity index (χ3v) is 5.87. The Morgan fingerprint density at radius 2 is 2.13 bits per heavy atom. The number of carbonyl (C=O) groups is 1. The lowest BCUT2D eigenvalue weighted by Gasteiger charge is -2.11. The summed E-state index contributed by atoms with van der Waals surface area (Å²) in [6, 6.07) is 5.71. The second-order valence-corrected chi connectivity index (χ2v) is 8.12. The van der Waals surface area contributed by atoms with Crippen LogP contribution < -0.4 is 15.4 Å². The Kier molecular flexibility index (Phi) is 5.77. The number of nitrogens with zero attached hydrogens (tertiary/aromatic N) is 3. The van der Waals surface area contributed by atoms with Gasteiger partial charge in [-0.2, -0.15) is 0 Å². The molecule has 0 fully saturated rings. The minimum absolute atomic E-state index is 0.148. The Morgan fingerprint density at radius 3 is 2.87 bits per heavy atom. The van der Waals surface area contributed by atoms with Gasteiger partial charge in [0.1, 0.15) is 12.0 Å². The van der Waals surface area contributed by atoms with Crippen molar-refractivity contribution in [3.63, 3.8) is 0 Å². The van der Waals surface area contributed by atoms with Gasteiger partial charge in [-0.1, -0.05) is 11.3 Å². The number of benzene rings is 1. The fraction of sp³-hybridized carbons (Fsp3) is 0.200. The lowest BCUT2D eigenvalue weighted by molar-refractivity contribution is -0.114. The van der Waals surface area contributed by atoms with Crippen LogP contribution in [0.3, 0.4) is 0 Å². The predicted octanol–water partition coefficient (Wildman–Crippen LogP) is 5.33. The summed E-state index contributed by atoms with van der Waals surface area (Å²) in [6.07, 6.45) is 3.15. The Bertz CT molecular complexity index is 1170. The van der Waals surface area contributed by atoms with E-state index in [1.807, 2.05) is 37.4 Å². The molecule has 0 aliphatic heterocycles. The van der Waals surface area contributed by atoms with Crippen LogP contribution in [-0.2, 0) is 4.79 Å². The number of carbonyl (C=O) groups excluding carboxylic acids is 1. The van der Waals surface area contributed by atoms with Crippen molar-refractivity contribution in [2.24, 2.45) is 0 Å². The molecule has 0 saturated carbocycles. The standard InChI is InChI=1S/C20H19N5O3S2/c1-4-27-16-6-5-13(18-21-7-8-28-18)9-14(16)24-19-25-15(10-29-19)17-11(2)22-20(30-17)23-12(3)26/h5-10H,4H2,1-3H3,(H,24,25)(H,22,23,26). The van der Waals surface area contributed by atoms with Gasteiger partial charge in [-0.25, -0.2) is 15.0 Å². The quantitative estimate of drug-likeness (QED) is 0.399. The summed E-state index contributed by atoms with van der Waals surface area (Å²) in [5.74, 6) is 1.10. The molecule has 0 unspecified atom stereocenters. The molecule has 154 valence electrons. The second-order valence-electron chi connectivity index (χ2n) is 6.26. The first-order chi connectivity index (χ1) is 14.5. The number of aromatic nitrogens is 3. The van der Waals surface area contributed by atoms with Crippen LogP contribution in [0.4, 0.5) is 16.0 Å². The molecule has 1 amide bonds. The maximum atomic E-state index is 11.3. The molecule has 0 aliphatic rings. The van der Waals surface area contributed by atoms with Gasteiger partial charge in [0.15, 0.2) is 10.3 Å². The number of nitrogens with one attached hydrogen (secondary N) is 2. The van der Waals surface area contributed by atoms with Crippen LogP contribution in [0.2, 0.25) is 0 Å². The fourth-order valence-electron chi connectivity index (χ4n) is 2.80. The minimum atomic E-state index is -0.148. The van der Waals surface area contributed by atoms with Crippen molar-refractivity contribution in [1.82, 2.24) is 15.0 Å². The van der Waals surface area contributed by atoms with E-state index in [2.05, 4.69) is 20.6 Å². The number of hydrogen-bond donors (Lipinski definition) is 2. The van der Waals surface area contributed by atoms with Crippen molar-refractivity contribution in [3.8, 4) is 27.8 Å². The molecular weight excluding hydrogens is 422 g/mol. The number of rotatable bonds is 7. The van der Waals surface area contributed by atoms with E-state index in [1.165, 1.54) is 29.6 Å². The lowest BCUT2D eigenvalue weighted by Crippen LogP contribution is -2.04. The van der Waals surface area contributed by atoms with E-state index in [9.17, 15) is 4.79 Å². The van der Waals surface area contributed by atoms with Gasteiger partial charge < -0.3 is 19.8 Å². The van der Waals surface area contributed by atoms with Crippen LogP contribution in [0, 0.1) is 6.92 Å².